The first-order chi connectivity index (χ1) is 10.7. The zero-order chi connectivity index (χ0) is 15.4. The van der Waals surface area contributed by atoms with Crippen molar-refractivity contribution in [1.29, 1.82) is 0 Å². The van der Waals surface area contributed by atoms with Gasteiger partial charge in [0.15, 0.2) is 6.61 Å². The van der Waals surface area contributed by atoms with Crippen molar-refractivity contribution in [1.82, 2.24) is 9.97 Å². The van der Waals surface area contributed by atoms with Gasteiger partial charge in [0.2, 0.25) is 0 Å². The molecule has 2 aromatic rings. The van der Waals surface area contributed by atoms with Gasteiger partial charge in [-0.25, -0.2) is 9.78 Å². The third kappa shape index (κ3) is 3.36. The van der Waals surface area contributed by atoms with E-state index in [0.29, 0.717) is 11.7 Å². The number of benzene rings is 1. The molecule has 0 fully saturated rings. The quantitative estimate of drug-likeness (QED) is 0.890. The second-order valence-corrected chi connectivity index (χ2v) is 5.43. The molecule has 0 saturated carbocycles. The number of rotatable bonds is 5. The summed E-state index contributed by atoms with van der Waals surface area (Å²) in [7, 11) is 0. The number of nitrogens with one attached hydrogen (secondary N) is 1. The summed E-state index contributed by atoms with van der Waals surface area (Å²) in [4.78, 5) is 17.8. The predicted octanol–water partition coefficient (Wildman–Crippen LogP) is 2.69. The molecule has 0 amide bonds. The molecular formula is C17H18N2O3. The third-order valence-electron chi connectivity index (χ3n) is 3.89. The second kappa shape index (κ2) is 6.47. The molecule has 5 heteroatoms. The summed E-state index contributed by atoms with van der Waals surface area (Å²) in [5.41, 5.74) is 3.32. The van der Waals surface area contributed by atoms with Gasteiger partial charge >= 0.3 is 5.97 Å². The Morgan fingerprint density at radius 1 is 1.50 bits per heavy atom. The minimum Gasteiger partial charge on any atom is -0.482 e. The largest absolute Gasteiger partial charge is 0.482 e. The summed E-state index contributed by atoms with van der Waals surface area (Å²) < 4.78 is 5.39. The molecule has 0 spiro atoms. The molecule has 1 aromatic heterocycles. The van der Waals surface area contributed by atoms with Gasteiger partial charge in [-0.3, -0.25) is 0 Å². The molecule has 3 rings (SSSR count). The molecule has 1 aliphatic carbocycles. The summed E-state index contributed by atoms with van der Waals surface area (Å²) in [5.74, 6) is 0.224. The van der Waals surface area contributed by atoms with E-state index in [9.17, 15) is 4.79 Å². The number of nitrogens with zero attached hydrogens (tertiary/aromatic N) is 1. The molecule has 114 valence electrons. The summed E-state index contributed by atoms with van der Waals surface area (Å²) >= 11 is 0. The fourth-order valence-electron chi connectivity index (χ4n) is 2.84. The Bertz CT molecular complexity index is 677. The van der Waals surface area contributed by atoms with E-state index in [1.807, 2.05) is 24.4 Å². The average Bonchev–Trinajstić information content (AvgIpc) is 3.04. The Hall–Kier alpha value is -2.56. The smallest absolute Gasteiger partial charge is 0.341 e. The first-order valence-electron chi connectivity index (χ1n) is 7.34. The van der Waals surface area contributed by atoms with Gasteiger partial charge < -0.3 is 14.8 Å². The highest BCUT2D eigenvalue weighted by Crippen LogP contribution is 2.32. The van der Waals surface area contributed by atoms with Gasteiger partial charge in [-0.05, 0) is 48.4 Å². The topological polar surface area (TPSA) is 75.2 Å². The second-order valence-electron chi connectivity index (χ2n) is 5.43. The number of carbonyl (C=O) groups is 1. The van der Waals surface area contributed by atoms with Gasteiger partial charge in [-0.1, -0.05) is 18.2 Å². The van der Waals surface area contributed by atoms with Crippen molar-refractivity contribution in [3.8, 4) is 5.75 Å². The number of carboxylic acids is 1. The molecule has 1 aromatic carbocycles. The van der Waals surface area contributed by atoms with Crippen LogP contribution in [0.5, 0.6) is 5.75 Å². The Morgan fingerprint density at radius 2 is 2.41 bits per heavy atom. The molecule has 0 aliphatic heterocycles. The van der Waals surface area contributed by atoms with E-state index in [1.54, 1.807) is 6.33 Å². The Kier molecular flexibility index (Phi) is 4.23. The maximum absolute atomic E-state index is 10.6. The van der Waals surface area contributed by atoms with Crippen molar-refractivity contribution in [3.05, 3.63) is 53.6 Å². The fraction of sp³-hybridized carbons (Fsp3) is 0.294. The maximum Gasteiger partial charge on any atom is 0.341 e. The third-order valence-corrected chi connectivity index (χ3v) is 3.89. The van der Waals surface area contributed by atoms with Crippen LogP contribution < -0.4 is 4.74 Å². The first kappa shape index (κ1) is 14.4. The molecule has 1 unspecified atom stereocenters. The zero-order valence-corrected chi connectivity index (χ0v) is 12.2. The van der Waals surface area contributed by atoms with E-state index in [-0.39, 0.29) is 6.61 Å². The standard InChI is InChI=1S/C17H18N2O3/c20-17(21)10-22-16-3-1-2-13-8-12(5-7-15(13)16)4-6-14-9-18-11-19-14/h1-4,6,9,11-12H,5,7-8,10H2,(H,18,19)(H,20,21). The molecule has 1 atom stereocenters. The molecule has 1 heterocycles. The number of H-pyrrole nitrogens is 1. The number of imidazole rings is 1. The predicted molar refractivity (Wildman–Crippen MR) is 82.7 cm³/mol. The number of hydrogen-bond acceptors (Lipinski definition) is 3. The molecule has 0 radical (unpaired) electrons. The van der Waals surface area contributed by atoms with Crippen LogP contribution in [0.2, 0.25) is 0 Å². The normalized spacial score (nSPS) is 17.4. The van der Waals surface area contributed by atoms with E-state index in [0.717, 1.165) is 30.5 Å². The number of ether oxygens (including phenoxy) is 1. The molecule has 22 heavy (non-hydrogen) atoms. The molecule has 0 saturated heterocycles. The van der Waals surface area contributed by atoms with Crippen LogP contribution in [0.4, 0.5) is 0 Å². The molecular weight excluding hydrogens is 280 g/mol. The minimum atomic E-state index is -0.951. The van der Waals surface area contributed by atoms with Crippen molar-refractivity contribution in [2.75, 3.05) is 6.61 Å². The van der Waals surface area contributed by atoms with Crippen molar-refractivity contribution >= 4 is 12.0 Å². The van der Waals surface area contributed by atoms with Gasteiger partial charge in [0.05, 0.1) is 12.0 Å². The highest BCUT2D eigenvalue weighted by Gasteiger charge is 2.20. The zero-order valence-electron chi connectivity index (χ0n) is 12.2. The number of aromatic nitrogens is 2. The lowest BCUT2D eigenvalue weighted by atomic mass is 9.83. The van der Waals surface area contributed by atoms with Crippen molar-refractivity contribution in [2.45, 2.75) is 19.3 Å². The van der Waals surface area contributed by atoms with Crippen LogP contribution in [-0.2, 0) is 17.6 Å². The maximum atomic E-state index is 10.6. The van der Waals surface area contributed by atoms with Crippen LogP contribution in [0.25, 0.3) is 6.08 Å². The lowest BCUT2D eigenvalue weighted by Gasteiger charge is -2.24. The Morgan fingerprint density at radius 3 is 3.18 bits per heavy atom. The average molecular weight is 298 g/mol. The summed E-state index contributed by atoms with van der Waals surface area (Å²) in [6.07, 6.45) is 10.6. The summed E-state index contributed by atoms with van der Waals surface area (Å²) in [6, 6.07) is 5.87. The van der Waals surface area contributed by atoms with Crippen LogP contribution in [-0.4, -0.2) is 27.7 Å². The lowest BCUT2D eigenvalue weighted by molar-refractivity contribution is -0.139. The monoisotopic (exact) mass is 298 g/mol. The lowest BCUT2D eigenvalue weighted by Crippen LogP contribution is -2.16. The molecule has 5 nitrogen and oxygen atoms in total. The summed E-state index contributed by atoms with van der Waals surface area (Å²) in [5, 5.41) is 8.74. The van der Waals surface area contributed by atoms with Crippen LogP contribution in [0.3, 0.4) is 0 Å². The number of aliphatic carboxylic acids is 1. The van der Waals surface area contributed by atoms with Crippen LogP contribution in [0.1, 0.15) is 23.2 Å². The number of aromatic amines is 1. The van der Waals surface area contributed by atoms with Crippen LogP contribution >= 0.6 is 0 Å². The Labute approximate surface area is 128 Å². The highest BCUT2D eigenvalue weighted by atomic mass is 16.5. The van der Waals surface area contributed by atoms with E-state index >= 15 is 0 Å². The minimum absolute atomic E-state index is 0.293. The van der Waals surface area contributed by atoms with Crippen molar-refractivity contribution in [2.24, 2.45) is 5.92 Å². The van der Waals surface area contributed by atoms with E-state index in [1.165, 1.54) is 5.56 Å². The first-order valence-corrected chi connectivity index (χ1v) is 7.34. The van der Waals surface area contributed by atoms with Crippen LogP contribution in [0.15, 0.2) is 36.8 Å². The van der Waals surface area contributed by atoms with E-state index < -0.39 is 5.97 Å². The van der Waals surface area contributed by atoms with Gasteiger partial charge in [0.25, 0.3) is 0 Å². The highest BCUT2D eigenvalue weighted by molar-refractivity contribution is 5.68. The van der Waals surface area contributed by atoms with E-state index in [2.05, 4.69) is 22.1 Å². The Balaban J connectivity index is 1.70. The van der Waals surface area contributed by atoms with Crippen molar-refractivity contribution in [3.63, 3.8) is 0 Å². The van der Waals surface area contributed by atoms with Crippen molar-refractivity contribution < 1.29 is 14.6 Å². The molecule has 2 N–H and O–H groups in total. The molecule has 1 aliphatic rings. The van der Waals surface area contributed by atoms with Crippen LogP contribution in [0, 0.1) is 5.92 Å². The van der Waals surface area contributed by atoms with Gasteiger partial charge in [0.1, 0.15) is 5.75 Å². The number of allylic oxidation sites excluding steroid dienone is 1. The fourth-order valence-corrected chi connectivity index (χ4v) is 2.84. The SMILES string of the molecule is O=C(O)COc1cccc2c1CCC(C=Cc1c[nH]cn1)C2. The number of carboxylic acid groups (broad SMARTS) is 1. The number of fused-ring (bicyclic) bond motifs is 1. The van der Waals surface area contributed by atoms with Gasteiger partial charge in [0, 0.05) is 6.20 Å². The summed E-state index contributed by atoms with van der Waals surface area (Å²) in [6.45, 7) is -0.293. The van der Waals surface area contributed by atoms with E-state index in [4.69, 9.17) is 9.84 Å². The number of hydrogen-bond donors (Lipinski definition) is 2. The van der Waals surface area contributed by atoms with Gasteiger partial charge in [-0.2, -0.15) is 0 Å². The van der Waals surface area contributed by atoms with Gasteiger partial charge in [-0.15, -0.1) is 0 Å². The molecule has 0 bridgehead atoms.